The maximum Gasteiger partial charge on any atom is 0.453 e. The van der Waals surface area contributed by atoms with Crippen molar-refractivity contribution in [3.05, 3.63) is 30.1 Å². The molecule has 0 aliphatic rings. The Hall–Kier alpha value is -2.12. The van der Waals surface area contributed by atoms with Crippen LogP contribution < -0.4 is 4.74 Å². The molecule has 2 rings (SSSR count). The largest absolute Gasteiger partial charge is 0.491 e. The van der Waals surface area contributed by atoms with Crippen molar-refractivity contribution in [2.75, 3.05) is 0 Å². The second-order valence-electron chi connectivity index (χ2n) is 4.25. The zero-order valence-electron chi connectivity index (χ0n) is 10.9. The molecule has 0 aliphatic carbocycles. The third kappa shape index (κ3) is 3.06. The highest BCUT2D eigenvalue weighted by atomic mass is 19.4. The molecule has 0 N–H and O–H groups in total. The first-order valence-electron chi connectivity index (χ1n) is 6.04. The van der Waals surface area contributed by atoms with Crippen LogP contribution in [-0.4, -0.2) is 26.3 Å². The lowest BCUT2D eigenvalue weighted by molar-refractivity contribution is -0.146. The highest BCUT2D eigenvalue weighted by molar-refractivity contribution is 5.39. The molecule has 1 unspecified atom stereocenters. The van der Waals surface area contributed by atoms with Gasteiger partial charge in [-0.25, -0.2) is 0 Å². The number of halogens is 3. The normalized spacial score (nSPS) is 13.2. The molecule has 0 saturated carbocycles. The summed E-state index contributed by atoms with van der Waals surface area (Å²) in [5, 5.41) is 9.45. The lowest BCUT2D eigenvalue weighted by Crippen LogP contribution is -2.15. The lowest BCUT2D eigenvalue weighted by atomic mass is 10.2. The van der Waals surface area contributed by atoms with Crippen LogP contribution in [0.4, 0.5) is 13.2 Å². The van der Waals surface area contributed by atoms with Gasteiger partial charge >= 0.3 is 6.18 Å². The van der Waals surface area contributed by atoms with Gasteiger partial charge in [0.25, 0.3) is 5.82 Å². The van der Waals surface area contributed by atoms with Crippen LogP contribution in [0.3, 0.4) is 0 Å². The minimum atomic E-state index is -4.61. The van der Waals surface area contributed by atoms with Crippen molar-refractivity contribution in [3.63, 3.8) is 0 Å². The summed E-state index contributed by atoms with van der Waals surface area (Å²) in [5.74, 6) is -0.696. The summed E-state index contributed by atoms with van der Waals surface area (Å²) in [6.07, 6.45) is -3.85. The quantitative estimate of drug-likeness (QED) is 0.867. The zero-order chi connectivity index (χ0) is 14.8. The molecule has 5 nitrogen and oxygen atoms in total. The van der Waals surface area contributed by atoms with Crippen LogP contribution in [0.5, 0.6) is 5.75 Å². The first-order valence-corrected chi connectivity index (χ1v) is 6.04. The fourth-order valence-corrected chi connectivity index (χ4v) is 1.54. The molecule has 0 spiro atoms. The molecule has 1 aromatic heterocycles. The minimum absolute atomic E-state index is 0.0267. The van der Waals surface area contributed by atoms with Crippen molar-refractivity contribution >= 4 is 0 Å². The number of ether oxygens (including phenoxy) is 1. The number of tetrazole rings is 1. The molecule has 0 fully saturated rings. The second kappa shape index (κ2) is 5.48. The number of alkyl halides is 3. The molecule has 0 aliphatic heterocycles. The molecule has 2 aromatic rings. The van der Waals surface area contributed by atoms with Crippen LogP contribution in [0.25, 0.3) is 5.69 Å². The first kappa shape index (κ1) is 14.3. The summed E-state index contributed by atoms with van der Waals surface area (Å²) < 4.78 is 44.4. The minimum Gasteiger partial charge on any atom is -0.491 e. The second-order valence-corrected chi connectivity index (χ2v) is 4.25. The summed E-state index contributed by atoms with van der Waals surface area (Å²) in [4.78, 5) is 0. The van der Waals surface area contributed by atoms with Gasteiger partial charge in [0.15, 0.2) is 0 Å². The van der Waals surface area contributed by atoms with Gasteiger partial charge in [-0.15, -0.1) is 5.10 Å². The average Bonchev–Trinajstić information content (AvgIpc) is 2.88. The molecule has 0 bridgehead atoms. The monoisotopic (exact) mass is 286 g/mol. The molecular formula is C12H13F3N4O. The van der Waals surface area contributed by atoms with E-state index >= 15 is 0 Å². The van der Waals surface area contributed by atoms with Gasteiger partial charge in [0.05, 0.1) is 11.8 Å². The van der Waals surface area contributed by atoms with Gasteiger partial charge in [0, 0.05) is 6.07 Å². The number of rotatable bonds is 4. The number of nitrogens with zero attached hydrogens (tertiary/aromatic N) is 4. The van der Waals surface area contributed by atoms with E-state index in [1.165, 1.54) is 12.1 Å². The van der Waals surface area contributed by atoms with E-state index in [0.717, 1.165) is 6.42 Å². The predicted molar refractivity (Wildman–Crippen MR) is 64.5 cm³/mol. The molecule has 1 atom stereocenters. The Bertz CT molecular complexity index is 582. The summed E-state index contributed by atoms with van der Waals surface area (Å²) in [6, 6.07) is 6.22. The fourth-order valence-electron chi connectivity index (χ4n) is 1.54. The third-order valence-corrected chi connectivity index (χ3v) is 2.70. The van der Waals surface area contributed by atoms with Gasteiger partial charge in [-0.05, 0) is 35.9 Å². The molecular weight excluding hydrogens is 273 g/mol. The van der Waals surface area contributed by atoms with Crippen molar-refractivity contribution in [2.45, 2.75) is 32.5 Å². The number of benzene rings is 1. The maximum atomic E-state index is 12.7. The predicted octanol–water partition coefficient (Wildman–Crippen LogP) is 2.86. The zero-order valence-corrected chi connectivity index (χ0v) is 10.9. The van der Waals surface area contributed by atoms with E-state index in [1.54, 1.807) is 12.1 Å². The summed E-state index contributed by atoms with van der Waals surface area (Å²) in [6.45, 7) is 3.84. The van der Waals surface area contributed by atoms with E-state index in [9.17, 15) is 13.2 Å². The smallest absolute Gasteiger partial charge is 0.453 e. The first-order chi connectivity index (χ1) is 9.41. The van der Waals surface area contributed by atoms with Crippen LogP contribution in [0, 0.1) is 0 Å². The van der Waals surface area contributed by atoms with E-state index in [-0.39, 0.29) is 11.8 Å². The molecule has 20 heavy (non-hydrogen) atoms. The van der Waals surface area contributed by atoms with Gasteiger partial charge < -0.3 is 4.74 Å². The van der Waals surface area contributed by atoms with Crippen LogP contribution >= 0.6 is 0 Å². The molecule has 8 heteroatoms. The number of hydrogen-bond acceptors (Lipinski definition) is 4. The Balaban J connectivity index is 2.35. The Labute approximate surface area is 113 Å². The molecule has 1 aromatic carbocycles. The Kier molecular flexibility index (Phi) is 3.91. The Morgan fingerprint density at radius 3 is 2.75 bits per heavy atom. The molecule has 0 saturated heterocycles. The standard InChI is InChI=1S/C12H13F3N4O/c1-3-8(2)20-10-6-4-5-9(7-10)19-11(12(13,14)15)16-17-18-19/h4-8H,3H2,1-2H3. The van der Waals surface area contributed by atoms with Crippen LogP contribution in [0.1, 0.15) is 26.1 Å². The summed E-state index contributed by atoms with van der Waals surface area (Å²) in [7, 11) is 0. The molecule has 108 valence electrons. The highest BCUT2D eigenvalue weighted by Gasteiger charge is 2.38. The van der Waals surface area contributed by atoms with Crippen molar-refractivity contribution in [1.29, 1.82) is 0 Å². The third-order valence-electron chi connectivity index (χ3n) is 2.70. The fraction of sp³-hybridized carbons (Fsp3) is 0.417. The van der Waals surface area contributed by atoms with Crippen molar-refractivity contribution < 1.29 is 17.9 Å². The maximum absolute atomic E-state index is 12.7. The van der Waals surface area contributed by atoms with E-state index in [4.69, 9.17) is 4.74 Å². The van der Waals surface area contributed by atoms with E-state index in [1.807, 2.05) is 13.8 Å². The van der Waals surface area contributed by atoms with Gasteiger partial charge in [0.1, 0.15) is 5.75 Å². The van der Waals surface area contributed by atoms with Crippen LogP contribution in [-0.2, 0) is 6.18 Å². The van der Waals surface area contributed by atoms with Gasteiger partial charge in [0.2, 0.25) is 0 Å². The highest BCUT2D eigenvalue weighted by Crippen LogP contribution is 2.29. The number of hydrogen-bond donors (Lipinski definition) is 0. The molecule has 1 heterocycles. The van der Waals surface area contributed by atoms with E-state index in [2.05, 4.69) is 15.5 Å². The van der Waals surface area contributed by atoms with Crippen molar-refractivity contribution in [2.24, 2.45) is 0 Å². The SMILES string of the molecule is CCC(C)Oc1cccc(-n2nnnc2C(F)(F)F)c1. The Morgan fingerprint density at radius 1 is 1.35 bits per heavy atom. The Morgan fingerprint density at radius 2 is 2.10 bits per heavy atom. The van der Waals surface area contributed by atoms with Crippen LogP contribution in [0.2, 0.25) is 0 Å². The molecule has 0 radical (unpaired) electrons. The topological polar surface area (TPSA) is 52.8 Å². The van der Waals surface area contributed by atoms with Gasteiger partial charge in [-0.1, -0.05) is 13.0 Å². The van der Waals surface area contributed by atoms with Crippen LogP contribution in [0.15, 0.2) is 24.3 Å². The lowest BCUT2D eigenvalue weighted by Gasteiger charge is -2.13. The van der Waals surface area contributed by atoms with Gasteiger partial charge in [-0.3, -0.25) is 0 Å². The average molecular weight is 286 g/mol. The van der Waals surface area contributed by atoms with Crippen molar-refractivity contribution in [1.82, 2.24) is 20.2 Å². The number of aromatic nitrogens is 4. The molecule has 0 amide bonds. The summed E-state index contributed by atoms with van der Waals surface area (Å²) in [5.41, 5.74) is 0.197. The van der Waals surface area contributed by atoms with E-state index in [0.29, 0.717) is 10.4 Å². The summed E-state index contributed by atoms with van der Waals surface area (Å²) >= 11 is 0. The van der Waals surface area contributed by atoms with Gasteiger partial charge in [-0.2, -0.15) is 17.9 Å². The van der Waals surface area contributed by atoms with Crippen molar-refractivity contribution in [3.8, 4) is 11.4 Å². The van der Waals surface area contributed by atoms with E-state index < -0.39 is 12.0 Å².